The van der Waals surface area contributed by atoms with E-state index in [2.05, 4.69) is 39.4 Å². The lowest BCUT2D eigenvalue weighted by Gasteiger charge is -2.34. The molecule has 28 heavy (non-hydrogen) atoms. The molecule has 0 atom stereocenters. The molecule has 1 N–H and O–H groups in total. The summed E-state index contributed by atoms with van der Waals surface area (Å²) >= 11 is 0. The third-order valence-electron chi connectivity index (χ3n) is 5.09. The molecule has 1 aliphatic rings. The predicted octanol–water partition coefficient (Wildman–Crippen LogP) is 2.77. The number of carbonyl (C=O) groups is 1. The van der Waals surface area contributed by atoms with Crippen molar-refractivity contribution in [3.8, 4) is 11.5 Å². The third-order valence-corrected chi connectivity index (χ3v) is 5.09. The molecule has 1 aliphatic heterocycles. The van der Waals surface area contributed by atoms with Gasteiger partial charge in [-0.25, -0.2) is 0 Å². The first-order valence-electron chi connectivity index (χ1n) is 9.60. The van der Waals surface area contributed by atoms with Gasteiger partial charge in [-0.1, -0.05) is 30.3 Å². The van der Waals surface area contributed by atoms with Crippen LogP contribution in [0.3, 0.4) is 0 Å². The summed E-state index contributed by atoms with van der Waals surface area (Å²) in [5.74, 6) is 1.26. The molecule has 1 amide bonds. The molecule has 0 spiro atoms. The van der Waals surface area contributed by atoms with Crippen LogP contribution in [0.5, 0.6) is 11.5 Å². The van der Waals surface area contributed by atoms with Crippen molar-refractivity contribution in [1.29, 1.82) is 0 Å². The summed E-state index contributed by atoms with van der Waals surface area (Å²) in [5, 5.41) is 3.00. The van der Waals surface area contributed by atoms with Crippen LogP contribution in [-0.2, 0) is 11.3 Å². The maximum absolute atomic E-state index is 12.5. The van der Waals surface area contributed by atoms with Crippen LogP contribution in [0.4, 0.5) is 5.69 Å². The lowest BCUT2D eigenvalue weighted by atomic mass is 10.1. The van der Waals surface area contributed by atoms with Gasteiger partial charge in [0.15, 0.2) is 11.5 Å². The summed E-state index contributed by atoms with van der Waals surface area (Å²) in [6.07, 6.45) is 0. The number of benzene rings is 2. The van der Waals surface area contributed by atoms with Crippen molar-refractivity contribution in [2.24, 2.45) is 0 Å². The van der Waals surface area contributed by atoms with E-state index in [1.54, 1.807) is 14.2 Å². The first kappa shape index (κ1) is 20.2. The predicted molar refractivity (Wildman–Crippen MR) is 111 cm³/mol. The van der Waals surface area contributed by atoms with Gasteiger partial charge in [-0.05, 0) is 24.1 Å². The van der Waals surface area contributed by atoms with Crippen LogP contribution in [0.1, 0.15) is 11.1 Å². The second kappa shape index (κ2) is 9.57. The Hall–Kier alpha value is -2.57. The minimum atomic E-state index is -0.00757. The van der Waals surface area contributed by atoms with E-state index in [0.29, 0.717) is 18.0 Å². The van der Waals surface area contributed by atoms with Crippen molar-refractivity contribution in [2.45, 2.75) is 13.5 Å². The number of methoxy groups -OCH3 is 2. The van der Waals surface area contributed by atoms with Gasteiger partial charge in [-0.2, -0.15) is 0 Å². The van der Waals surface area contributed by atoms with Crippen LogP contribution >= 0.6 is 0 Å². The van der Waals surface area contributed by atoms with E-state index in [-0.39, 0.29) is 5.91 Å². The Morgan fingerprint density at radius 2 is 1.57 bits per heavy atom. The maximum atomic E-state index is 12.5. The van der Waals surface area contributed by atoms with E-state index < -0.39 is 0 Å². The topological polar surface area (TPSA) is 54.0 Å². The van der Waals surface area contributed by atoms with Crippen LogP contribution in [0, 0.1) is 6.92 Å². The Labute approximate surface area is 167 Å². The highest BCUT2D eigenvalue weighted by molar-refractivity contribution is 5.93. The van der Waals surface area contributed by atoms with Gasteiger partial charge >= 0.3 is 0 Å². The summed E-state index contributed by atoms with van der Waals surface area (Å²) in [7, 11) is 3.20. The average Bonchev–Trinajstić information content (AvgIpc) is 2.71. The highest BCUT2D eigenvalue weighted by atomic mass is 16.5. The van der Waals surface area contributed by atoms with Crippen molar-refractivity contribution >= 4 is 11.6 Å². The number of rotatable bonds is 7. The van der Waals surface area contributed by atoms with Gasteiger partial charge in [0.1, 0.15) is 0 Å². The van der Waals surface area contributed by atoms with Crippen LogP contribution in [0.2, 0.25) is 0 Å². The molecule has 0 aliphatic carbocycles. The molecule has 1 saturated heterocycles. The van der Waals surface area contributed by atoms with E-state index in [1.165, 1.54) is 5.56 Å². The van der Waals surface area contributed by atoms with Crippen LogP contribution in [0.15, 0.2) is 42.5 Å². The zero-order chi connectivity index (χ0) is 19.9. The minimum Gasteiger partial charge on any atom is -0.493 e. The molecule has 6 heteroatoms. The smallest absolute Gasteiger partial charge is 0.238 e. The molecule has 1 heterocycles. The fourth-order valence-electron chi connectivity index (χ4n) is 3.46. The summed E-state index contributed by atoms with van der Waals surface area (Å²) in [6.45, 7) is 7.03. The summed E-state index contributed by atoms with van der Waals surface area (Å²) in [5.41, 5.74) is 3.03. The SMILES string of the molecule is COc1cc(C)c(NC(=O)CN2CCN(Cc3ccccc3)CC2)cc1OC. The highest BCUT2D eigenvalue weighted by Crippen LogP contribution is 2.32. The number of nitrogens with one attached hydrogen (secondary N) is 1. The van der Waals surface area contributed by atoms with Crippen LogP contribution in [-0.4, -0.2) is 62.7 Å². The monoisotopic (exact) mass is 383 g/mol. The van der Waals surface area contributed by atoms with E-state index in [0.717, 1.165) is 44.0 Å². The Bertz CT molecular complexity index is 787. The molecule has 2 aromatic rings. The molecule has 6 nitrogen and oxygen atoms in total. The van der Waals surface area contributed by atoms with E-state index in [9.17, 15) is 4.79 Å². The first-order valence-corrected chi connectivity index (χ1v) is 9.60. The second-order valence-electron chi connectivity index (χ2n) is 7.11. The summed E-state index contributed by atoms with van der Waals surface area (Å²) in [4.78, 5) is 17.2. The van der Waals surface area contributed by atoms with Gasteiger partial charge in [-0.15, -0.1) is 0 Å². The van der Waals surface area contributed by atoms with Crippen LogP contribution < -0.4 is 14.8 Å². The van der Waals surface area contributed by atoms with Crippen molar-refractivity contribution in [3.63, 3.8) is 0 Å². The van der Waals surface area contributed by atoms with Gasteiger partial charge in [-0.3, -0.25) is 14.6 Å². The fraction of sp³-hybridized carbons (Fsp3) is 0.409. The number of anilines is 1. The summed E-state index contributed by atoms with van der Waals surface area (Å²) < 4.78 is 10.6. The van der Waals surface area contributed by atoms with Crippen molar-refractivity contribution in [1.82, 2.24) is 9.80 Å². The molecular formula is C22H29N3O3. The van der Waals surface area contributed by atoms with Gasteiger partial charge in [0.2, 0.25) is 5.91 Å². The number of carbonyl (C=O) groups excluding carboxylic acids is 1. The standard InChI is InChI=1S/C22H29N3O3/c1-17-13-20(27-2)21(28-3)14-19(17)23-22(26)16-25-11-9-24(10-12-25)15-18-7-5-4-6-8-18/h4-8,13-14H,9-12,15-16H2,1-3H3,(H,23,26). The number of hydrogen-bond acceptors (Lipinski definition) is 5. The number of piperazine rings is 1. The van der Waals surface area contributed by atoms with Gasteiger partial charge in [0.05, 0.1) is 20.8 Å². The molecule has 1 fully saturated rings. The Morgan fingerprint density at radius 1 is 0.964 bits per heavy atom. The van der Waals surface area contributed by atoms with Crippen LogP contribution in [0.25, 0.3) is 0 Å². The number of amides is 1. The first-order chi connectivity index (χ1) is 13.6. The zero-order valence-electron chi connectivity index (χ0n) is 16.9. The largest absolute Gasteiger partial charge is 0.493 e. The summed E-state index contributed by atoms with van der Waals surface area (Å²) in [6, 6.07) is 14.2. The van der Waals surface area contributed by atoms with Crippen molar-refractivity contribution in [2.75, 3.05) is 52.3 Å². The molecule has 2 aromatic carbocycles. The number of aryl methyl sites for hydroxylation is 1. The van der Waals surface area contributed by atoms with Gasteiger partial charge in [0.25, 0.3) is 0 Å². The Kier molecular flexibility index (Phi) is 6.90. The Morgan fingerprint density at radius 3 is 2.21 bits per heavy atom. The Balaban J connectivity index is 1.50. The molecule has 0 aromatic heterocycles. The van der Waals surface area contributed by atoms with Crippen molar-refractivity contribution in [3.05, 3.63) is 53.6 Å². The van der Waals surface area contributed by atoms with Crippen molar-refractivity contribution < 1.29 is 14.3 Å². The molecule has 0 bridgehead atoms. The van der Waals surface area contributed by atoms with E-state index >= 15 is 0 Å². The lowest BCUT2D eigenvalue weighted by Crippen LogP contribution is -2.48. The number of ether oxygens (including phenoxy) is 2. The average molecular weight is 383 g/mol. The molecule has 150 valence electrons. The second-order valence-corrected chi connectivity index (χ2v) is 7.11. The van der Waals surface area contributed by atoms with E-state index in [4.69, 9.17) is 9.47 Å². The minimum absolute atomic E-state index is 0.00757. The lowest BCUT2D eigenvalue weighted by molar-refractivity contribution is -0.117. The highest BCUT2D eigenvalue weighted by Gasteiger charge is 2.19. The molecule has 0 saturated carbocycles. The third kappa shape index (κ3) is 5.24. The number of nitrogens with zero attached hydrogens (tertiary/aromatic N) is 2. The van der Waals surface area contributed by atoms with Gasteiger partial charge in [0, 0.05) is 44.5 Å². The number of hydrogen-bond donors (Lipinski definition) is 1. The molecule has 0 unspecified atom stereocenters. The van der Waals surface area contributed by atoms with E-state index in [1.807, 2.05) is 25.1 Å². The molecule has 0 radical (unpaired) electrons. The molecular weight excluding hydrogens is 354 g/mol. The normalized spacial score (nSPS) is 15.2. The molecule has 3 rings (SSSR count). The fourth-order valence-corrected chi connectivity index (χ4v) is 3.46. The van der Waals surface area contributed by atoms with Gasteiger partial charge < -0.3 is 14.8 Å². The maximum Gasteiger partial charge on any atom is 0.238 e. The quantitative estimate of drug-likeness (QED) is 0.797. The zero-order valence-corrected chi connectivity index (χ0v) is 16.9.